The average Bonchev–Trinajstić information content (AvgIpc) is 2.59. The summed E-state index contributed by atoms with van der Waals surface area (Å²) in [6, 6.07) is 15.4. The molecular formula is C21H26O. The Kier molecular flexibility index (Phi) is 8.41. The predicted molar refractivity (Wildman–Crippen MR) is 97.2 cm³/mol. The van der Waals surface area contributed by atoms with E-state index in [1.165, 1.54) is 5.56 Å². The molecule has 1 heteroatoms. The molecule has 0 bridgehead atoms. The SMILES string of the molecule is C#Cc1ccc(C(C)(C)c2ccc(O)cc2)cc1.C=C.CC. The quantitative estimate of drug-likeness (QED) is 0.570. The minimum absolute atomic E-state index is 0.110. The lowest BCUT2D eigenvalue weighted by Gasteiger charge is -2.26. The summed E-state index contributed by atoms with van der Waals surface area (Å²) in [6.45, 7) is 14.3. The van der Waals surface area contributed by atoms with Crippen molar-refractivity contribution in [3.8, 4) is 18.1 Å². The molecule has 2 aromatic rings. The molecule has 1 nitrogen and oxygen atoms in total. The van der Waals surface area contributed by atoms with Crippen molar-refractivity contribution in [2.24, 2.45) is 0 Å². The molecule has 0 spiro atoms. The minimum atomic E-state index is -0.110. The van der Waals surface area contributed by atoms with E-state index in [0.717, 1.165) is 11.1 Å². The van der Waals surface area contributed by atoms with Crippen molar-refractivity contribution in [3.63, 3.8) is 0 Å². The van der Waals surface area contributed by atoms with Gasteiger partial charge in [0.05, 0.1) is 0 Å². The molecule has 2 aromatic carbocycles. The number of aromatic hydroxyl groups is 1. The number of phenolic OH excluding ortho intramolecular Hbond substituents is 1. The summed E-state index contributed by atoms with van der Waals surface area (Å²) in [6.07, 6.45) is 5.36. The highest BCUT2D eigenvalue weighted by molar-refractivity contribution is 5.42. The van der Waals surface area contributed by atoms with Crippen LogP contribution in [-0.4, -0.2) is 5.11 Å². The number of hydrogen-bond donors (Lipinski definition) is 1. The summed E-state index contributed by atoms with van der Waals surface area (Å²) in [5.41, 5.74) is 3.14. The van der Waals surface area contributed by atoms with Crippen molar-refractivity contribution in [1.29, 1.82) is 0 Å². The molecule has 0 saturated carbocycles. The molecule has 0 unspecified atom stereocenters. The molecular weight excluding hydrogens is 268 g/mol. The molecule has 2 rings (SSSR count). The van der Waals surface area contributed by atoms with Gasteiger partial charge in [-0.15, -0.1) is 19.6 Å². The molecule has 0 saturated heterocycles. The normalized spacial score (nSPS) is 9.41. The summed E-state index contributed by atoms with van der Waals surface area (Å²) >= 11 is 0. The molecule has 0 aliphatic carbocycles. The van der Waals surface area contributed by atoms with E-state index in [4.69, 9.17) is 6.42 Å². The summed E-state index contributed by atoms with van der Waals surface area (Å²) in [7, 11) is 0. The van der Waals surface area contributed by atoms with Crippen LogP contribution in [0.2, 0.25) is 0 Å². The summed E-state index contributed by atoms with van der Waals surface area (Å²) < 4.78 is 0. The van der Waals surface area contributed by atoms with Gasteiger partial charge in [0.1, 0.15) is 5.75 Å². The molecule has 0 radical (unpaired) electrons. The van der Waals surface area contributed by atoms with Crippen molar-refractivity contribution >= 4 is 0 Å². The Bertz CT molecular complexity index is 583. The molecule has 0 atom stereocenters. The molecule has 116 valence electrons. The van der Waals surface area contributed by atoms with Gasteiger partial charge in [-0.25, -0.2) is 0 Å². The van der Waals surface area contributed by atoms with Crippen molar-refractivity contribution in [1.82, 2.24) is 0 Å². The number of phenols is 1. The van der Waals surface area contributed by atoms with E-state index < -0.39 is 0 Å². The third-order valence-electron chi connectivity index (χ3n) is 3.36. The summed E-state index contributed by atoms with van der Waals surface area (Å²) in [5.74, 6) is 2.91. The van der Waals surface area contributed by atoms with Crippen LogP contribution in [0.15, 0.2) is 61.7 Å². The van der Waals surface area contributed by atoms with E-state index in [1.54, 1.807) is 12.1 Å². The molecule has 0 aromatic heterocycles. The Labute approximate surface area is 135 Å². The standard InChI is InChI=1S/C17H16O.C2H6.C2H4/c1-4-13-5-7-14(8-6-13)17(2,3)15-9-11-16(18)12-10-15;2*1-2/h1,5-12,18H,2-3H3;1-2H3;1-2H2. The third kappa shape index (κ3) is 4.82. The minimum Gasteiger partial charge on any atom is -0.508 e. The van der Waals surface area contributed by atoms with Gasteiger partial charge in [0.2, 0.25) is 0 Å². The van der Waals surface area contributed by atoms with Crippen LogP contribution < -0.4 is 0 Å². The van der Waals surface area contributed by atoms with E-state index in [2.05, 4.69) is 45.1 Å². The first-order chi connectivity index (χ1) is 10.5. The Morgan fingerprint density at radius 3 is 1.59 bits per heavy atom. The summed E-state index contributed by atoms with van der Waals surface area (Å²) in [4.78, 5) is 0. The highest BCUT2D eigenvalue weighted by Gasteiger charge is 2.22. The zero-order valence-electron chi connectivity index (χ0n) is 14.1. The number of rotatable bonds is 2. The first-order valence-corrected chi connectivity index (χ1v) is 7.41. The molecule has 0 heterocycles. The van der Waals surface area contributed by atoms with Gasteiger partial charge in [-0.1, -0.05) is 57.9 Å². The van der Waals surface area contributed by atoms with E-state index in [0.29, 0.717) is 0 Å². The Hall–Kier alpha value is -2.46. The highest BCUT2D eigenvalue weighted by atomic mass is 16.3. The van der Waals surface area contributed by atoms with Crippen LogP contribution in [0.5, 0.6) is 5.75 Å². The fourth-order valence-electron chi connectivity index (χ4n) is 2.03. The van der Waals surface area contributed by atoms with Crippen LogP contribution in [-0.2, 0) is 5.41 Å². The largest absolute Gasteiger partial charge is 0.508 e. The van der Waals surface area contributed by atoms with E-state index in [1.807, 2.05) is 38.1 Å². The molecule has 0 fully saturated rings. The molecule has 0 amide bonds. The van der Waals surface area contributed by atoms with Crippen LogP contribution in [0.3, 0.4) is 0 Å². The first kappa shape index (κ1) is 19.5. The van der Waals surface area contributed by atoms with E-state index in [-0.39, 0.29) is 11.2 Å². The third-order valence-corrected chi connectivity index (χ3v) is 3.36. The first-order valence-electron chi connectivity index (χ1n) is 7.41. The lowest BCUT2D eigenvalue weighted by Crippen LogP contribution is -2.18. The van der Waals surface area contributed by atoms with Crippen LogP contribution in [0.4, 0.5) is 0 Å². The molecule has 1 N–H and O–H groups in total. The van der Waals surface area contributed by atoms with Gasteiger partial charge in [0.15, 0.2) is 0 Å². The maximum Gasteiger partial charge on any atom is 0.115 e. The van der Waals surface area contributed by atoms with Gasteiger partial charge >= 0.3 is 0 Å². The Morgan fingerprint density at radius 2 is 1.23 bits per heavy atom. The van der Waals surface area contributed by atoms with Crippen molar-refractivity contribution in [3.05, 3.63) is 78.4 Å². The van der Waals surface area contributed by atoms with Gasteiger partial charge in [0.25, 0.3) is 0 Å². The molecule has 0 aliphatic rings. The van der Waals surface area contributed by atoms with Crippen molar-refractivity contribution in [2.45, 2.75) is 33.1 Å². The Balaban J connectivity index is 0.00000102. The van der Waals surface area contributed by atoms with Crippen molar-refractivity contribution in [2.75, 3.05) is 0 Å². The maximum absolute atomic E-state index is 9.34. The predicted octanol–water partition coefficient (Wildman–Crippen LogP) is 5.53. The van der Waals surface area contributed by atoms with Gasteiger partial charge in [-0.2, -0.15) is 0 Å². The topological polar surface area (TPSA) is 20.2 Å². The number of benzene rings is 2. The van der Waals surface area contributed by atoms with E-state index >= 15 is 0 Å². The second kappa shape index (κ2) is 9.47. The van der Waals surface area contributed by atoms with Gasteiger partial charge in [-0.3, -0.25) is 0 Å². The fourth-order valence-corrected chi connectivity index (χ4v) is 2.03. The van der Waals surface area contributed by atoms with Gasteiger partial charge < -0.3 is 5.11 Å². The number of terminal acetylenes is 1. The monoisotopic (exact) mass is 294 g/mol. The lowest BCUT2D eigenvalue weighted by atomic mass is 9.78. The van der Waals surface area contributed by atoms with Crippen LogP contribution >= 0.6 is 0 Å². The van der Waals surface area contributed by atoms with E-state index in [9.17, 15) is 5.11 Å². The van der Waals surface area contributed by atoms with Crippen molar-refractivity contribution < 1.29 is 5.11 Å². The van der Waals surface area contributed by atoms with Crippen LogP contribution in [0.25, 0.3) is 0 Å². The maximum atomic E-state index is 9.34. The average molecular weight is 294 g/mol. The Morgan fingerprint density at radius 1 is 0.864 bits per heavy atom. The van der Waals surface area contributed by atoms with Crippen LogP contribution in [0, 0.1) is 12.3 Å². The second-order valence-corrected chi connectivity index (χ2v) is 4.89. The second-order valence-electron chi connectivity index (χ2n) is 4.89. The zero-order chi connectivity index (χ0) is 17.2. The summed E-state index contributed by atoms with van der Waals surface area (Å²) in [5, 5.41) is 9.34. The zero-order valence-corrected chi connectivity index (χ0v) is 14.1. The molecule has 22 heavy (non-hydrogen) atoms. The smallest absolute Gasteiger partial charge is 0.115 e. The fraction of sp³-hybridized carbons (Fsp3) is 0.238. The number of hydrogen-bond acceptors (Lipinski definition) is 1. The van der Waals surface area contributed by atoms with Crippen LogP contribution in [0.1, 0.15) is 44.4 Å². The van der Waals surface area contributed by atoms with Gasteiger partial charge in [0, 0.05) is 11.0 Å². The highest BCUT2D eigenvalue weighted by Crippen LogP contribution is 2.32. The van der Waals surface area contributed by atoms with Gasteiger partial charge in [-0.05, 0) is 35.4 Å². The lowest BCUT2D eigenvalue weighted by molar-refractivity contribution is 0.474. The molecule has 0 aliphatic heterocycles.